The minimum absolute atomic E-state index is 0.624. The van der Waals surface area contributed by atoms with Crippen LogP contribution in [-0.4, -0.2) is 47.1 Å². The Hall–Kier alpha value is -2.19. The van der Waals surface area contributed by atoms with Crippen molar-refractivity contribution in [3.05, 3.63) is 30.2 Å². The summed E-state index contributed by atoms with van der Waals surface area (Å²) in [6, 6.07) is 6.86. The van der Waals surface area contributed by atoms with E-state index >= 15 is 0 Å². The Bertz CT molecular complexity index is 790. The van der Waals surface area contributed by atoms with Gasteiger partial charge in [-0.1, -0.05) is 13.3 Å². The Labute approximate surface area is 149 Å². The third-order valence-electron chi connectivity index (χ3n) is 5.66. The lowest BCUT2D eigenvalue weighted by atomic mass is 9.92. The second-order valence-electron chi connectivity index (χ2n) is 7.53. The van der Waals surface area contributed by atoms with E-state index in [2.05, 4.69) is 38.8 Å². The average Bonchev–Trinajstić information content (AvgIpc) is 2.67. The zero-order valence-electron chi connectivity index (χ0n) is 14.9. The molecule has 2 atom stereocenters. The van der Waals surface area contributed by atoms with Crippen molar-refractivity contribution in [2.75, 3.05) is 31.1 Å². The Morgan fingerprint density at radius 2 is 2.00 bits per heavy atom. The van der Waals surface area contributed by atoms with Crippen LogP contribution in [-0.2, 0) is 0 Å². The molecule has 5 nitrogen and oxygen atoms in total. The molecule has 2 aliphatic rings. The molecule has 0 aliphatic carbocycles. The highest BCUT2D eigenvalue weighted by molar-refractivity contribution is 5.94. The molecule has 4 rings (SSSR count). The van der Waals surface area contributed by atoms with Crippen LogP contribution in [0.3, 0.4) is 0 Å². The van der Waals surface area contributed by atoms with Crippen molar-refractivity contribution < 1.29 is 0 Å². The third-order valence-corrected chi connectivity index (χ3v) is 5.66. The molecule has 0 radical (unpaired) electrons. The standard InChI is InChI=1S/C20H25N5/c1-15-9-17(24-7-3-2-4-8-24)13-25(12-15)19-6-5-16(10-21)20-18(19)11-22-14-23-20/h5-6,11,14-15,17H,2-4,7-9,12-13H2,1H3. The van der Waals surface area contributed by atoms with Crippen molar-refractivity contribution in [3.8, 4) is 6.07 Å². The Balaban J connectivity index is 1.67. The maximum Gasteiger partial charge on any atom is 0.116 e. The number of hydrogen-bond acceptors (Lipinski definition) is 5. The summed E-state index contributed by atoms with van der Waals surface area (Å²) in [6.45, 7) is 6.94. The molecule has 2 unspecified atom stereocenters. The van der Waals surface area contributed by atoms with Crippen LogP contribution in [0, 0.1) is 17.2 Å². The van der Waals surface area contributed by atoms with Crippen LogP contribution in [0.1, 0.15) is 38.2 Å². The van der Waals surface area contributed by atoms with E-state index in [1.54, 1.807) is 0 Å². The Morgan fingerprint density at radius 1 is 1.16 bits per heavy atom. The normalized spacial score (nSPS) is 25.0. The lowest BCUT2D eigenvalue weighted by Crippen LogP contribution is -2.52. The highest BCUT2D eigenvalue weighted by Crippen LogP contribution is 2.32. The van der Waals surface area contributed by atoms with E-state index in [0.717, 1.165) is 24.0 Å². The van der Waals surface area contributed by atoms with Crippen molar-refractivity contribution in [2.24, 2.45) is 5.92 Å². The van der Waals surface area contributed by atoms with Gasteiger partial charge in [0.25, 0.3) is 0 Å². The SMILES string of the molecule is CC1CC(N2CCCCC2)CN(c2ccc(C#N)c3ncncc23)C1. The lowest BCUT2D eigenvalue weighted by Gasteiger charge is -2.44. The van der Waals surface area contributed by atoms with E-state index < -0.39 is 0 Å². The van der Waals surface area contributed by atoms with Crippen molar-refractivity contribution in [3.63, 3.8) is 0 Å². The van der Waals surface area contributed by atoms with Gasteiger partial charge in [0.2, 0.25) is 0 Å². The molecule has 0 N–H and O–H groups in total. The van der Waals surface area contributed by atoms with Gasteiger partial charge in [-0.2, -0.15) is 5.26 Å². The van der Waals surface area contributed by atoms with Crippen LogP contribution < -0.4 is 4.90 Å². The minimum Gasteiger partial charge on any atom is -0.369 e. The fourth-order valence-electron chi connectivity index (χ4n) is 4.49. The summed E-state index contributed by atoms with van der Waals surface area (Å²) in [7, 11) is 0. The summed E-state index contributed by atoms with van der Waals surface area (Å²) in [6.07, 6.45) is 8.70. The van der Waals surface area contributed by atoms with Crippen molar-refractivity contribution in [1.82, 2.24) is 14.9 Å². The zero-order chi connectivity index (χ0) is 17.2. The summed E-state index contributed by atoms with van der Waals surface area (Å²) in [5.41, 5.74) is 2.56. The van der Waals surface area contributed by atoms with Crippen molar-refractivity contribution in [1.29, 1.82) is 5.26 Å². The molecular formula is C20H25N5. The predicted molar refractivity (Wildman–Crippen MR) is 99.5 cm³/mol. The summed E-state index contributed by atoms with van der Waals surface area (Å²) >= 11 is 0. The first-order chi connectivity index (χ1) is 12.3. The molecule has 130 valence electrons. The van der Waals surface area contributed by atoms with Gasteiger partial charge in [0.1, 0.15) is 12.4 Å². The number of fused-ring (bicyclic) bond motifs is 1. The number of likely N-dealkylation sites (tertiary alicyclic amines) is 1. The van der Waals surface area contributed by atoms with E-state index in [1.165, 1.54) is 50.8 Å². The number of nitrogens with zero attached hydrogens (tertiary/aromatic N) is 5. The molecule has 0 spiro atoms. The topological polar surface area (TPSA) is 56.0 Å². The highest BCUT2D eigenvalue weighted by atomic mass is 15.2. The second-order valence-corrected chi connectivity index (χ2v) is 7.53. The molecule has 0 amide bonds. The van der Waals surface area contributed by atoms with E-state index in [4.69, 9.17) is 0 Å². The lowest BCUT2D eigenvalue weighted by molar-refractivity contribution is 0.132. The van der Waals surface area contributed by atoms with Gasteiger partial charge in [0, 0.05) is 36.4 Å². The molecule has 0 bridgehead atoms. The van der Waals surface area contributed by atoms with E-state index in [9.17, 15) is 5.26 Å². The summed E-state index contributed by atoms with van der Waals surface area (Å²) < 4.78 is 0. The van der Waals surface area contributed by atoms with E-state index in [-0.39, 0.29) is 0 Å². The highest BCUT2D eigenvalue weighted by Gasteiger charge is 2.30. The number of aromatic nitrogens is 2. The Morgan fingerprint density at radius 3 is 2.80 bits per heavy atom. The quantitative estimate of drug-likeness (QED) is 0.843. The number of benzene rings is 1. The van der Waals surface area contributed by atoms with Gasteiger partial charge >= 0.3 is 0 Å². The van der Waals surface area contributed by atoms with Gasteiger partial charge in [-0.05, 0) is 50.4 Å². The van der Waals surface area contributed by atoms with Gasteiger partial charge in [0.15, 0.2) is 0 Å². The molecule has 5 heteroatoms. The molecule has 2 fully saturated rings. The molecule has 1 aromatic carbocycles. The smallest absolute Gasteiger partial charge is 0.116 e. The summed E-state index contributed by atoms with van der Waals surface area (Å²) in [5, 5.41) is 10.4. The van der Waals surface area contributed by atoms with Crippen LogP contribution >= 0.6 is 0 Å². The molecule has 25 heavy (non-hydrogen) atoms. The van der Waals surface area contributed by atoms with E-state index in [1.807, 2.05) is 12.3 Å². The average molecular weight is 335 g/mol. The van der Waals surface area contributed by atoms with Gasteiger partial charge in [-0.25, -0.2) is 9.97 Å². The minimum atomic E-state index is 0.624. The van der Waals surface area contributed by atoms with Gasteiger partial charge < -0.3 is 4.90 Å². The number of hydrogen-bond donors (Lipinski definition) is 0. The molecule has 2 aromatic rings. The van der Waals surface area contributed by atoms with Crippen molar-refractivity contribution in [2.45, 2.75) is 38.6 Å². The first-order valence-electron chi connectivity index (χ1n) is 9.38. The molecule has 2 aliphatic heterocycles. The fraction of sp³-hybridized carbons (Fsp3) is 0.550. The van der Waals surface area contributed by atoms with Gasteiger partial charge in [-0.15, -0.1) is 0 Å². The third kappa shape index (κ3) is 3.19. The molecule has 2 saturated heterocycles. The van der Waals surface area contributed by atoms with Crippen LogP contribution in [0.15, 0.2) is 24.7 Å². The summed E-state index contributed by atoms with van der Waals surface area (Å²) in [4.78, 5) is 13.8. The molecular weight excluding hydrogens is 310 g/mol. The first-order valence-corrected chi connectivity index (χ1v) is 9.38. The zero-order valence-corrected chi connectivity index (χ0v) is 14.9. The maximum absolute atomic E-state index is 9.36. The number of piperidine rings is 2. The van der Waals surface area contributed by atoms with Crippen LogP contribution in [0.25, 0.3) is 10.9 Å². The van der Waals surface area contributed by atoms with E-state index in [0.29, 0.717) is 17.5 Å². The molecule has 0 saturated carbocycles. The Kier molecular flexibility index (Phi) is 4.54. The number of anilines is 1. The van der Waals surface area contributed by atoms with Gasteiger partial charge in [-0.3, -0.25) is 4.90 Å². The van der Waals surface area contributed by atoms with Gasteiger partial charge in [0.05, 0.1) is 11.1 Å². The summed E-state index contributed by atoms with van der Waals surface area (Å²) in [5.74, 6) is 0.663. The number of nitriles is 1. The monoisotopic (exact) mass is 335 g/mol. The second kappa shape index (κ2) is 6.97. The van der Waals surface area contributed by atoms with Crippen molar-refractivity contribution >= 4 is 16.6 Å². The largest absolute Gasteiger partial charge is 0.369 e. The molecule has 3 heterocycles. The van der Waals surface area contributed by atoms with Crippen LogP contribution in [0.2, 0.25) is 0 Å². The van der Waals surface area contributed by atoms with Crippen LogP contribution in [0.4, 0.5) is 5.69 Å². The molecule has 1 aromatic heterocycles. The first kappa shape index (κ1) is 16.3. The predicted octanol–water partition coefficient (Wildman–Crippen LogP) is 3.20. The number of rotatable bonds is 2. The fourth-order valence-corrected chi connectivity index (χ4v) is 4.49. The van der Waals surface area contributed by atoms with Crippen LogP contribution in [0.5, 0.6) is 0 Å². The maximum atomic E-state index is 9.36.